The zero-order valence-corrected chi connectivity index (χ0v) is 16.2. The summed E-state index contributed by atoms with van der Waals surface area (Å²) in [6, 6.07) is 16.6. The van der Waals surface area contributed by atoms with E-state index in [1.807, 2.05) is 48.5 Å². The third-order valence-corrected chi connectivity index (χ3v) is 5.08. The van der Waals surface area contributed by atoms with E-state index < -0.39 is 0 Å². The first-order valence-corrected chi connectivity index (χ1v) is 9.24. The van der Waals surface area contributed by atoms with Gasteiger partial charge >= 0.3 is 0 Å². The van der Waals surface area contributed by atoms with E-state index in [2.05, 4.69) is 27.5 Å². The number of H-pyrrole nitrogens is 1. The van der Waals surface area contributed by atoms with Crippen LogP contribution in [0.25, 0.3) is 22.4 Å². The van der Waals surface area contributed by atoms with Gasteiger partial charge in [-0.2, -0.15) is 0 Å². The number of carbonyl (C=O) groups excluding carboxylic acids is 1. The molecule has 4 rings (SSSR count). The van der Waals surface area contributed by atoms with Crippen molar-refractivity contribution in [1.29, 1.82) is 0 Å². The fraction of sp³-hybridized carbons (Fsp3) is 0.333. The van der Waals surface area contributed by atoms with Crippen LogP contribution in [0.1, 0.15) is 25.3 Å². The van der Waals surface area contributed by atoms with Crippen LogP contribution >= 0.6 is 12.4 Å². The Morgan fingerprint density at radius 3 is 2.70 bits per heavy atom. The van der Waals surface area contributed by atoms with Gasteiger partial charge in [0.2, 0.25) is 5.91 Å². The lowest BCUT2D eigenvalue weighted by molar-refractivity contribution is -0.126. The number of hydrogen-bond acceptors (Lipinski definition) is 3. The maximum atomic E-state index is 12.4. The summed E-state index contributed by atoms with van der Waals surface area (Å²) in [5.41, 5.74) is 4.15. The molecule has 1 fully saturated rings. The van der Waals surface area contributed by atoms with Crippen LogP contribution in [-0.2, 0) is 11.3 Å². The summed E-state index contributed by atoms with van der Waals surface area (Å²) >= 11 is 0. The molecule has 1 aliphatic rings. The number of nitrogens with one attached hydrogen (secondary N) is 3. The van der Waals surface area contributed by atoms with Crippen molar-refractivity contribution in [3.63, 3.8) is 0 Å². The van der Waals surface area contributed by atoms with Crippen molar-refractivity contribution < 1.29 is 4.79 Å². The molecule has 5 nitrogen and oxygen atoms in total. The van der Waals surface area contributed by atoms with Crippen LogP contribution in [0, 0.1) is 5.92 Å². The van der Waals surface area contributed by atoms with Crippen LogP contribution in [0.3, 0.4) is 0 Å². The lowest BCUT2D eigenvalue weighted by Crippen LogP contribution is -2.42. The van der Waals surface area contributed by atoms with E-state index in [1.165, 1.54) is 0 Å². The maximum Gasteiger partial charge on any atom is 0.223 e. The monoisotopic (exact) mass is 384 g/mol. The summed E-state index contributed by atoms with van der Waals surface area (Å²) in [4.78, 5) is 20.3. The topological polar surface area (TPSA) is 69.8 Å². The number of piperidine rings is 1. The van der Waals surface area contributed by atoms with Crippen LogP contribution in [0.5, 0.6) is 0 Å². The quantitative estimate of drug-likeness (QED) is 0.643. The molecule has 0 aliphatic carbocycles. The summed E-state index contributed by atoms with van der Waals surface area (Å²) in [5, 5.41) is 6.46. The molecule has 3 aromatic rings. The summed E-state index contributed by atoms with van der Waals surface area (Å²) in [6.07, 6.45) is 1.83. The minimum Gasteiger partial charge on any atom is -0.352 e. The molecule has 6 heteroatoms. The molecule has 27 heavy (non-hydrogen) atoms. The lowest BCUT2D eigenvalue weighted by Gasteiger charge is -2.27. The van der Waals surface area contributed by atoms with Crippen LogP contribution in [0.2, 0.25) is 0 Å². The molecule has 1 aliphatic heterocycles. The van der Waals surface area contributed by atoms with Gasteiger partial charge < -0.3 is 15.6 Å². The van der Waals surface area contributed by atoms with Crippen molar-refractivity contribution in [1.82, 2.24) is 20.6 Å². The molecule has 0 radical (unpaired) electrons. The van der Waals surface area contributed by atoms with Crippen LogP contribution in [0.4, 0.5) is 0 Å². The lowest BCUT2D eigenvalue weighted by atomic mass is 9.92. The van der Waals surface area contributed by atoms with E-state index in [0.29, 0.717) is 12.6 Å². The molecule has 0 saturated carbocycles. The molecule has 2 atom stereocenters. The number of nitrogens with zero attached hydrogens (tertiary/aromatic N) is 1. The highest BCUT2D eigenvalue weighted by molar-refractivity contribution is 5.85. The summed E-state index contributed by atoms with van der Waals surface area (Å²) in [5.74, 6) is 1.16. The van der Waals surface area contributed by atoms with Crippen molar-refractivity contribution in [3.05, 3.63) is 54.1 Å². The first kappa shape index (κ1) is 19.4. The van der Waals surface area contributed by atoms with E-state index in [-0.39, 0.29) is 24.2 Å². The van der Waals surface area contributed by atoms with E-state index in [1.54, 1.807) is 0 Å². The predicted octanol–water partition coefficient (Wildman–Crippen LogP) is 3.66. The largest absolute Gasteiger partial charge is 0.352 e. The molecule has 0 unspecified atom stereocenters. The average Bonchev–Trinajstić information content (AvgIpc) is 3.11. The Balaban J connectivity index is 0.00000210. The van der Waals surface area contributed by atoms with E-state index in [9.17, 15) is 4.79 Å². The van der Waals surface area contributed by atoms with Gasteiger partial charge in [0.15, 0.2) is 0 Å². The zero-order valence-electron chi connectivity index (χ0n) is 15.4. The number of amides is 1. The summed E-state index contributed by atoms with van der Waals surface area (Å²) in [6.45, 7) is 3.62. The van der Waals surface area contributed by atoms with Crippen molar-refractivity contribution >= 4 is 29.3 Å². The second kappa shape index (κ2) is 8.55. The van der Waals surface area contributed by atoms with Crippen molar-refractivity contribution in [2.45, 2.75) is 32.4 Å². The van der Waals surface area contributed by atoms with Crippen molar-refractivity contribution in [2.24, 2.45) is 5.92 Å². The number of aromatic amines is 1. The fourth-order valence-electron chi connectivity index (χ4n) is 3.57. The van der Waals surface area contributed by atoms with E-state index >= 15 is 0 Å². The molecule has 2 aromatic carbocycles. The van der Waals surface area contributed by atoms with Gasteiger partial charge in [-0.3, -0.25) is 4.79 Å². The first-order valence-electron chi connectivity index (χ1n) is 9.24. The second-order valence-corrected chi connectivity index (χ2v) is 7.09. The first-order chi connectivity index (χ1) is 12.7. The number of hydrogen-bond donors (Lipinski definition) is 3. The van der Waals surface area contributed by atoms with Gasteiger partial charge in [0.05, 0.1) is 11.0 Å². The molecule has 0 spiro atoms. The highest BCUT2D eigenvalue weighted by Gasteiger charge is 2.24. The Hall–Kier alpha value is -2.37. The molecule has 2 heterocycles. The number of carbonyl (C=O) groups is 1. The van der Waals surface area contributed by atoms with Gasteiger partial charge in [-0.1, -0.05) is 36.4 Å². The number of fused-ring (bicyclic) bond motifs is 1. The third kappa shape index (κ3) is 4.49. The van der Waals surface area contributed by atoms with Crippen molar-refractivity contribution in [2.75, 3.05) is 6.54 Å². The molecular weight excluding hydrogens is 360 g/mol. The highest BCUT2D eigenvalue weighted by Crippen LogP contribution is 2.21. The number of para-hydroxylation sites is 2. The number of benzene rings is 2. The normalized spacial score (nSPS) is 19.4. The highest BCUT2D eigenvalue weighted by atomic mass is 35.5. The zero-order chi connectivity index (χ0) is 17.9. The minimum absolute atomic E-state index is 0. The van der Waals surface area contributed by atoms with Gasteiger partial charge in [0.1, 0.15) is 5.82 Å². The van der Waals surface area contributed by atoms with Gasteiger partial charge in [0.25, 0.3) is 0 Å². The van der Waals surface area contributed by atoms with Gasteiger partial charge in [0, 0.05) is 24.1 Å². The molecular formula is C21H25ClN4O. The molecule has 142 valence electrons. The van der Waals surface area contributed by atoms with E-state index in [0.717, 1.165) is 47.4 Å². The molecule has 0 bridgehead atoms. The minimum atomic E-state index is 0. The second-order valence-electron chi connectivity index (χ2n) is 7.09. The van der Waals surface area contributed by atoms with Crippen LogP contribution < -0.4 is 10.6 Å². The average molecular weight is 385 g/mol. The smallest absolute Gasteiger partial charge is 0.223 e. The Bertz CT molecular complexity index is 873. The standard InChI is InChI=1S/C21H24N4O.ClH/c1-14-12-17(10-11-22-14)21(26)23-13-15-6-8-16(9-7-15)20-24-18-4-2-3-5-19(18)25-20;/h2-9,14,17,22H,10-13H2,1H3,(H,23,26)(H,24,25);1H/t14-,17-;/m0./s1. The molecule has 1 saturated heterocycles. The van der Waals surface area contributed by atoms with Gasteiger partial charge in [-0.05, 0) is 44.0 Å². The Morgan fingerprint density at radius 1 is 1.19 bits per heavy atom. The van der Waals surface area contributed by atoms with Crippen LogP contribution in [0.15, 0.2) is 48.5 Å². The van der Waals surface area contributed by atoms with Crippen LogP contribution in [-0.4, -0.2) is 28.5 Å². The van der Waals surface area contributed by atoms with E-state index in [4.69, 9.17) is 0 Å². The molecule has 1 aromatic heterocycles. The Labute approximate surface area is 165 Å². The maximum absolute atomic E-state index is 12.4. The van der Waals surface area contributed by atoms with Gasteiger partial charge in [-0.15, -0.1) is 12.4 Å². The van der Waals surface area contributed by atoms with Crippen molar-refractivity contribution in [3.8, 4) is 11.4 Å². The SMILES string of the molecule is C[C@H]1C[C@@H](C(=O)NCc2ccc(-c3nc4ccccc4[nH]3)cc2)CCN1.Cl. The Kier molecular flexibility index (Phi) is 6.14. The summed E-state index contributed by atoms with van der Waals surface area (Å²) < 4.78 is 0. The molecule has 3 N–H and O–H groups in total. The number of aromatic nitrogens is 2. The molecule has 1 amide bonds. The number of halogens is 1. The fourth-order valence-corrected chi connectivity index (χ4v) is 3.57. The number of rotatable bonds is 4. The predicted molar refractivity (Wildman–Crippen MR) is 111 cm³/mol. The Morgan fingerprint density at radius 2 is 1.96 bits per heavy atom. The third-order valence-electron chi connectivity index (χ3n) is 5.08. The van der Waals surface area contributed by atoms with Gasteiger partial charge in [-0.25, -0.2) is 4.98 Å². The summed E-state index contributed by atoms with van der Waals surface area (Å²) in [7, 11) is 0. The number of imidazole rings is 1.